The summed E-state index contributed by atoms with van der Waals surface area (Å²) in [6.07, 6.45) is 2.10. The van der Waals surface area contributed by atoms with Crippen molar-refractivity contribution in [3.8, 4) is 0 Å². The van der Waals surface area contributed by atoms with Gasteiger partial charge in [-0.25, -0.2) is 0 Å². The molecule has 0 radical (unpaired) electrons. The fraction of sp³-hybridized carbons (Fsp3) is 0.857. The van der Waals surface area contributed by atoms with Gasteiger partial charge in [-0.05, 0) is 45.6 Å². The first-order valence-electron chi connectivity index (χ1n) is 7.08. The van der Waals surface area contributed by atoms with Crippen LogP contribution >= 0.6 is 0 Å². The molecule has 5 heteroatoms. The predicted molar refractivity (Wildman–Crippen MR) is 75.7 cm³/mol. The van der Waals surface area contributed by atoms with Crippen LogP contribution in [0.25, 0.3) is 0 Å². The molecule has 0 aromatic rings. The van der Waals surface area contributed by atoms with Crippen molar-refractivity contribution in [1.82, 2.24) is 16.0 Å². The maximum atomic E-state index is 12.3. The second-order valence-electron chi connectivity index (χ2n) is 6.37. The van der Waals surface area contributed by atoms with Gasteiger partial charge in [-0.3, -0.25) is 9.59 Å². The van der Waals surface area contributed by atoms with Gasteiger partial charge in [0.25, 0.3) is 0 Å². The van der Waals surface area contributed by atoms with Gasteiger partial charge >= 0.3 is 0 Å². The van der Waals surface area contributed by atoms with Crippen molar-refractivity contribution in [1.29, 1.82) is 0 Å². The number of hydrogen-bond acceptors (Lipinski definition) is 3. The number of nitrogens with one attached hydrogen (secondary N) is 3. The number of amides is 2. The molecular weight excluding hydrogens is 242 g/mol. The van der Waals surface area contributed by atoms with E-state index in [9.17, 15) is 9.59 Å². The van der Waals surface area contributed by atoms with E-state index in [4.69, 9.17) is 0 Å². The van der Waals surface area contributed by atoms with Gasteiger partial charge < -0.3 is 16.0 Å². The SMILES string of the molecule is CC(C)NC(=O)C(C)NC(=O)C1NCCCC1(C)C. The van der Waals surface area contributed by atoms with E-state index in [0.717, 1.165) is 19.4 Å². The molecule has 0 aromatic heterocycles. The van der Waals surface area contributed by atoms with Gasteiger partial charge in [-0.1, -0.05) is 13.8 Å². The van der Waals surface area contributed by atoms with Crippen LogP contribution in [0.15, 0.2) is 0 Å². The van der Waals surface area contributed by atoms with Gasteiger partial charge in [0.15, 0.2) is 0 Å². The zero-order chi connectivity index (χ0) is 14.6. The molecule has 1 aliphatic heterocycles. The van der Waals surface area contributed by atoms with Crippen molar-refractivity contribution >= 4 is 11.8 Å². The molecule has 2 atom stereocenters. The van der Waals surface area contributed by atoms with Gasteiger partial charge in [0.1, 0.15) is 6.04 Å². The van der Waals surface area contributed by atoms with Crippen LogP contribution in [-0.2, 0) is 9.59 Å². The Morgan fingerprint density at radius 2 is 1.84 bits per heavy atom. The van der Waals surface area contributed by atoms with Crippen molar-refractivity contribution in [2.75, 3.05) is 6.54 Å². The van der Waals surface area contributed by atoms with E-state index in [-0.39, 0.29) is 29.3 Å². The molecule has 3 N–H and O–H groups in total. The molecule has 0 bridgehead atoms. The van der Waals surface area contributed by atoms with E-state index < -0.39 is 6.04 Å². The molecule has 1 fully saturated rings. The average Bonchev–Trinajstić information content (AvgIpc) is 2.26. The quantitative estimate of drug-likeness (QED) is 0.707. The first-order valence-corrected chi connectivity index (χ1v) is 7.08. The van der Waals surface area contributed by atoms with Crippen LogP contribution in [0.2, 0.25) is 0 Å². The molecule has 2 unspecified atom stereocenters. The van der Waals surface area contributed by atoms with Crippen molar-refractivity contribution in [2.24, 2.45) is 5.41 Å². The van der Waals surface area contributed by atoms with Crippen LogP contribution in [0.4, 0.5) is 0 Å². The summed E-state index contributed by atoms with van der Waals surface area (Å²) in [7, 11) is 0. The summed E-state index contributed by atoms with van der Waals surface area (Å²) in [5.41, 5.74) is -0.0728. The average molecular weight is 269 g/mol. The number of carbonyl (C=O) groups excluding carboxylic acids is 2. The Bertz CT molecular complexity index is 340. The topological polar surface area (TPSA) is 70.2 Å². The lowest BCUT2D eigenvalue weighted by Crippen LogP contribution is -2.58. The number of rotatable bonds is 4. The van der Waals surface area contributed by atoms with E-state index in [2.05, 4.69) is 29.8 Å². The molecule has 19 heavy (non-hydrogen) atoms. The van der Waals surface area contributed by atoms with E-state index >= 15 is 0 Å². The molecule has 5 nitrogen and oxygen atoms in total. The summed E-state index contributed by atoms with van der Waals surface area (Å²) < 4.78 is 0. The molecule has 1 heterocycles. The summed E-state index contributed by atoms with van der Waals surface area (Å²) in [6.45, 7) is 10.5. The Kier molecular flexibility index (Phi) is 5.35. The largest absolute Gasteiger partial charge is 0.352 e. The van der Waals surface area contributed by atoms with Gasteiger partial charge in [-0.2, -0.15) is 0 Å². The Hall–Kier alpha value is -1.10. The molecule has 0 saturated carbocycles. The number of piperidine rings is 1. The highest BCUT2D eigenvalue weighted by Gasteiger charge is 2.37. The fourth-order valence-electron chi connectivity index (χ4n) is 2.43. The molecule has 110 valence electrons. The van der Waals surface area contributed by atoms with Gasteiger partial charge in [0.05, 0.1) is 6.04 Å². The maximum Gasteiger partial charge on any atom is 0.242 e. The van der Waals surface area contributed by atoms with Crippen LogP contribution < -0.4 is 16.0 Å². The van der Waals surface area contributed by atoms with Gasteiger partial charge in [0, 0.05) is 6.04 Å². The second-order valence-corrected chi connectivity index (χ2v) is 6.37. The molecule has 0 spiro atoms. The Morgan fingerprint density at radius 3 is 2.37 bits per heavy atom. The van der Waals surface area contributed by atoms with Crippen molar-refractivity contribution in [2.45, 2.75) is 65.6 Å². The van der Waals surface area contributed by atoms with Gasteiger partial charge in [-0.15, -0.1) is 0 Å². The number of hydrogen-bond donors (Lipinski definition) is 3. The zero-order valence-corrected chi connectivity index (χ0v) is 12.7. The third-order valence-electron chi connectivity index (χ3n) is 3.57. The second kappa shape index (κ2) is 6.37. The van der Waals surface area contributed by atoms with Crippen LogP contribution in [0.3, 0.4) is 0 Å². The summed E-state index contributed by atoms with van der Waals surface area (Å²) in [6, 6.07) is -0.652. The smallest absolute Gasteiger partial charge is 0.242 e. The Labute approximate surface area is 115 Å². The summed E-state index contributed by atoms with van der Waals surface area (Å²) >= 11 is 0. The van der Waals surface area contributed by atoms with E-state index in [0.29, 0.717) is 0 Å². The molecule has 2 amide bonds. The fourth-order valence-corrected chi connectivity index (χ4v) is 2.43. The molecule has 1 saturated heterocycles. The first kappa shape index (κ1) is 16.0. The summed E-state index contributed by atoms with van der Waals surface area (Å²) in [5.74, 6) is -0.229. The highest BCUT2D eigenvalue weighted by Crippen LogP contribution is 2.30. The molecule has 0 aromatic carbocycles. The van der Waals surface area contributed by atoms with Crippen LogP contribution in [-0.4, -0.2) is 36.5 Å². The molecular formula is C14H27N3O2. The Morgan fingerprint density at radius 1 is 1.21 bits per heavy atom. The lowest BCUT2D eigenvalue weighted by Gasteiger charge is -2.38. The van der Waals surface area contributed by atoms with Crippen LogP contribution in [0.5, 0.6) is 0 Å². The molecule has 1 rings (SSSR count). The monoisotopic (exact) mass is 269 g/mol. The van der Waals surface area contributed by atoms with Crippen LogP contribution in [0, 0.1) is 5.41 Å². The molecule has 1 aliphatic rings. The van der Waals surface area contributed by atoms with Crippen molar-refractivity contribution < 1.29 is 9.59 Å². The minimum Gasteiger partial charge on any atom is -0.352 e. The molecule has 0 aliphatic carbocycles. The minimum atomic E-state index is -0.505. The highest BCUT2D eigenvalue weighted by molar-refractivity contribution is 5.90. The normalized spacial score (nSPS) is 23.8. The van der Waals surface area contributed by atoms with E-state index in [1.54, 1.807) is 6.92 Å². The van der Waals surface area contributed by atoms with Crippen molar-refractivity contribution in [3.05, 3.63) is 0 Å². The van der Waals surface area contributed by atoms with Crippen LogP contribution in [0.1, 0.15) is 47.5 Å². The third kappa shape index (κ3) is 4.49. The highest BCUT2D eigenvalue weighted by atomic mass is 16.2. The standard InChI is InChI=1S/C14H27N3O2/c1-9(2)16-12(18)10(3)17-13(19)11-14(4,5)7-6-8-15-11/h9-11,15H,6-8H2,1-5H3,(H,16,18)(H,17,19). The maximum absolute atomic E-state index is 12.3. The lowest BCUT2D eigenvalue weighted by molar-refractivity contribution is -0.132. The zero-order valence-electron chi connectivity index (χ0n) is 12.7. The first-order chi connectivity index (χ1) is 8.74. The predicted octanol–water partition coefficient (Wildman–Crippen LogP) is 0.794. The van der Waals surface area contributed by atoms with E-state index in [1.807, 2.05) is 13.8 Å². The van der Waals surface area contributed by atoms with E-state index in [1.165, 1.54) is 0 Å². The minimum absolute atomic E-state index is 0.0728. The lowest BCUT2D eigenvalue weighted by atomic mass is 9.77. The Balaban J connectivity index is 2.56. The third-order valence-corrected chi connectivity index (χ3v) is 3.57. The summed E-state index contributed by atoms with van der Waals surface area (Å²) in [4.78, 5) is 24.0. The van der Waals surface area contributed by atoms with Crippen molar-refractivity contribution in [3.63, 3.8) is 0 Å². The summed E-state index contributed by atoms with van der Waals surface area (Å²) in [5, 5.41) is 8.84. The van der Waals surface area contributed by atoms with Gasteiger partial charge in [0.2, 0.25) is 11.8 Å². The number of carbonyl (C=O) groups is 2.